The molecule has 3 rings (SSSR count). The van der Waals surface area contributed by atoms with Crippen LogP contribution in [0.5, 0.6) is 17.2 Å². The molecule has 0 aliphatic carbocycles. The molecule has 1 amide bonds. The Labute approximate surface area is 207 Å². The minimum absolute atomic E-state index is 0.227. The number of hydrogen-bond donors (Lipinski definition) is 0. The number of ether oxygens (including phenoxy) is 5. The molecule has 1 heterocycles. The van der Waals surface area contributed by atoms with E-state index in [1.807, 2.05) is 69.3 Å². The number of carbonyl (C=O) groups excluding carboxylic acids is 2. The van der Waals surface area contributed by atoms with Gasteiger partial charge in [0, 0.05) is 25.4 Å². The lowest BCUT2D eigenvalue weighted by Crippen LogP contribution is -2.36. The predicted molar refractivity (Wildman–Crippen MR) is 131 cm³/mol. The van der Waals surface area contributed by atoms with E-state index in [1.54, 1.807) is 12.0 Å². The summed E-state index contributed by atoms with van der Waals surface area (Å²) in [6.45, 7) is 6.96. The van der Waals surface area contributed by atoms with E-state index in [0.29, 0.717) is 37.7 Å². The number of esters is 1. The summed E-state index contributed by atoms with van der Waals surface area (Å²) in [7, 11) is 2.94. The minimum Gasteiger partial charge on any atom is -0.493 e. The van der Waals surface area contributed by atoms with Crippen LogP contribution in [0.4, 0.5) is 4.79 Å². The van der Waals surface area contributed by atoms with E-state index >= 15 is 0 Å². The highest BCUT2D eigenvalue weighted by atomic mass is 16.6. The Kier molecular flexibility index (Phi) is 8.84. The Morgan fingerprint density at radius 2 is 1.66 bits per heavy atom. The average molecular weight is 486 g/mol. The molecule has 0 aromatic heterocycles. The third-order valence-corrected chi connectivity index (χ3v) is 5.65. The lowest BCUT2D eigenvalue weighted by atomic mass is 9.89. The fraction of sp³-hybridized carbons (Fsp3) is 0.481. The van der Waals surface area contributed by atoms with E-state index in [9.17, 15) is 9.59 Å². The van der Waals surface area contributed by atoms with Crippen LogP contribution in [0.2, 0.25) is 0 Å². The first-order valence-corrected chi connectivity index (χ1v) is 11.8. The van der Waals surface area contributed by atoms with Crippen LogP contribution in [0.3, 0.4) is 0 Å². The van der Waals surface area contributed by atoms with Gasteiger partial charge in [-0.05, 0) is 50.6 Å². The summed E-state index contributed by atoms with van der Waals surface area (Å²) < 4.78 is 27.7. The summed E-state index contributed by atoms with van der Waals surface area (Å²) in [5, 5.41) is 0. The zero-order valence-corrected chi connectivity index (χ0v) is 21.1. The van der Waals surface area contributed by atoms with Crippen molar-refractivity contribution in [1.82, 2.24) is 4.90 Å². The molecule has 2 atom stereocenters. The number of para-hydroxylation sites is 1. The van der Waals surface area contributed by atoms with Crippen molar-refractivity contribution in [3.63, 3.8) is 0 Å². The largest absolute Gasteiger partial charge is 0.493 e. The van der Waals surface area contributed by atoms with Crippen LogP contribution < -0.4 is 14.2 Å². The Bertz CT molecular complexity index is 987. The van der Waals surface area contributed by atoms with Gasteiger partial charge >= 0.3 is 12.1 Å². The molecular formula is C27H35NO7. The first-order valence-electron chi connectivity index (χ1n) is 11.8. The Morgan fingerprint density at radius 1 is 0.943 bits per heavy atom. The zero-order valence-electron chi connectivity index (χ0n) is 21.1. The van der Waals surface area contributed by atoms with Gasteiger partial charge in [0.05, 0.1) is 33.4 Å². The molecular weight excluding hydrogens is 450 g/mol. The summed E-state index contributed by atoms with van der Waals surface area (Å²) in [5.41, 5.74) is 0.240. The van der Waals surface area contributed by atoms with E-state index in [-0.39, 0.29) is 18.4 Å². The monoisotopic (exact) mass is 485 g/mol. The van der Waals surface area contributed by atoms with Crippen LogP contribution in [0.15, 0.2) is 48.5 Å². The predicted octanol–water partition coefficient (Wildman–Crippen LogP) is 4.67. The maximum Gasteiger partial charge on any atom is 0.410 e. The van der Waals surface area contributed by atoms with Crippen molar-refractivity contribution < 1.29 is 33.3 Å². The van der Waals surface area contributed by atoms with Crippen molar-refractivity contribution in [3.05, 3.63) is 54.1 Å². The molecule has 1 saturated heterocycles. The molecule has 0 unspecified atom stereocenters. The van der Waals surface area contributed by atoms with Gasteiger partial charge < -0.3 is 28.6 Å². The maximum absolute atomic E-state index is 12.7. The molecule has 2 aromatic carbocycles. The molecule has 1 fully saturated rings. The second-order valence-corrected chi connectivity index (χ2v) is 9.40. The second-order valence-electron chi connectivity index (χ2n) is 9.40. The SMILES string of the molecule is COC(=O)[C@@H]1CN(C(=O)OC(C)(C)C)C[C@H]1c1ccc(OC)c(OCCCOc2ccccc2)c1. The van der Waals surface area contributed by atoms with Gasteiger partial charge in [0.15, 0.2) is 11.5 Å². The van der Waals surface area contributed by atoms with E-state index in [0.717, 1.165) is 11.3 Å². The van der Waals surface area contributed by atoms with Crippen LogP contribution in [-0.4, -0.2) is 63.1 Å². The van der Waals surface area contributed by atoms with Gasteiger partial charge in [0.2, 0.25) is 0 Å². The van der Waals surface area contributed by atoms with Gasteiger partial charge in [-0.2, -0.15) is 0 Å². The molecule has 2 aromatic rings. The lowest BCUT2D eigenvalue weighted by molar-refractivity contribution is -0.145. The molecule has 1 aliphatic rings. The molecule has 0 spiro atoms. The number of benzene rings is 2. The van der Waals surface area contributed by atoms with Crippen molar-refractivity contribution in [2.24, 2.45) is 5.92 Å². The Morgan fingerprint density at radius 3 is 2.31 bits per heavy atom. The van der Waals surface area contributed by atoms with Gasteiger partial charge in [-0.1, -0.05) is 24.3 Å². The highest BCUT2D eigenvalue weighted by molar-refractivity contribution is 5.77. The number of likely N-dealkylation sites (tertiary alicyclic amines) is 1. The lowest BCUT2D eigenvalue weighted by Gasteiger charge is -2.24. The highest BCUT2D eigenvalue weighted by Gasteiger charge is 2.42. The van der Waals surface area contributed by atoms with E-state index < -0.39 is 17.6 Å². The van der Waals surface area contributed by atoms with Crippen molar-refractivity contribution in [3.8, 4) is 17.2 Å². The smallest absolute Gasteiger partial charge is 0.410 e. The van der Waals surface area contributed by atoms with Crippen LogP contribution >= 0.6 is 0 Å². The number of hydrogen-bond acceptors (Lipinski definition) is 7. The Balaban J connectivity index is 1.69. The first kappa shape index (κ1) is 26.2. The van der Waals surface area contributed by atoms with Crippen molar-refractivity contribution in [2.45, 2.75) is 38.7 Å². The third kappa shape index (κ3) is 7.28. The average Bonchev–Trinajstić information content (AvgIpc) is 3.29. The summed E-state index contributed by atoms with van der Waals surface area (Å²) in [5.74, 6) is 0.852. The molecule has 0 radical (unpaired) electrons. The van der Waals surface area contributed by atoms with Crippen LogP contribution in [-0.2, 0) is 14.3 Å². The van der Waals surface area contributed by atoms with E-state index in [4.69, 9.17) is 23.7 Å². The van der Waals surface area contributed by atoms with Crippen LogP contribution in [0, 0.1) is 5.92 Å². The second kappa shape index (κ2) is 11.8. The summed E-state index contributed by atoms with van der Waals surface area (Å²) in [6, 6.07) is 15.2. The molecule has 0 saturated carbocycles. The molecule has 190 valence electrons. The minimum atomic E-state index is -0.624. The maximum atomic E-state index is 12.7. The fourth-order valence-corrected chi connectivity index (χ4v) is 3.99. The number of carbonyl (C=O) groups is 2. The van der Waals surface area contributed by atoms with Gasteiger partial charge in [0.1, 0.15) is 11.4 Å². The molecule has 0 N–H and O–H groups in total. The standard InChI is InChI=1S/C27H35NO7/c1-27(2,3)35-26(30)28-17-21(22(18-28)25(29)32-5)19-12-13-23(31-4)24(16-19)34-15-9-14-33-20-10-7-6-8-11-20/h6-8,10-13,16,21-22H,9,14-15,17-18H2,1-5H3/t21-,22+/m0/s1. The Hall–Kier alpha value is -3.42. The molecule has 1 aliphatic heterocycles. The van der Waals surface area contributed by atoms with Gasteiger partial charge in [0.25, 0.3) is 0 Å². The number of nitrogens with zero attached hydrogens (tertiary/aromatic N) is 1. The van der Waals surface area contributed by atoms with Gasteiger partial charge in [-0.3, -0.25) is 4.79 Å². The molecule has 0 bridgehead atoms. The molecule has 8 heteroatoms. The normalized spacial score (nSPS) is 17.6. The molecule has 35 heavy (non-hydrogen) atoms. The number of rotatable bonds is 9. The topological polar surface area (TPSA) is 83.5 Å². The van der Waals surface area contributed by atoms with Crippen LogP contribution in [0.1, 0.15) is 38.7 Å². The van der Waals surface area contributed by atoms with E-state index in [1.165, 1.54) is 7.11 Å². The van der Waals surface area contributed by atoms with Gasteiger partial charge in [-0.25, -0.2) is 4.79 Å². The summed E-state index contributed by atoms with van der Waals surface area (Å²) in [4.78, 5) is 26.8. The van der Waals surface area contributed by atoms with Crippen molar-refractivity contribution in [1.29, 1.82) is 0 Å². The number of methoxy groups -OCH3 is 2. The zero-order chi connectivity index (χ0) is 25.4. The first-order chi connectivity index (χ1) is 16.7. The summed E-state index contributed by atoms with van der Waals surface area (Å²) in [6.07, 6.45) is 0.237. The van der Waals surface area contributed by atoms with Crippen molar-refractivity contribution >= 4 is 12.1 Å². The quantitative estimate of drug-likeness (QED) is 0.377. The molecule has 8 nitrogen and oxygen atoms in total. The van der Waals surface area contributed by atoms with E-state index in [2.05, 4.69) is 0 Å². The van der Waals surface area contributed by atoms with Crippen molar-refractivity contribution in [2.75, 3.05) is 40.5 Å². The third-order valence-electron chi connectivity index (χ3n) is 5.65. The number of amides is 1. The van der Waals surface area contributed by atoms with Gasteiger partial charge in [-0.15, -0.1) is 0 Å². The fourth-order valence-electron chi connectivity index (χ4n) is 3.99. The summed E-state index contributed by atoms with van der Waals surface area (Å²) >= 11 is 0. The highest BCUT2D eigenvalue weighted by Crippen LogP contribution is 2.38. The van der Waals surface area contributed by atoms with Crippen LogP contribution in [0.25, 0.3) is 0 Å².